The Morgan fingerprint density at radius 3 is 2.42 bits per heavy atom. The minimum atomic E-state index is -0.136. The highest BCUT2D eigenvalue weighted by Gasteiger charge is 2.03. The average Bonchev–Trinajstić information content (AvgIpc) is 1.88. The highest BCUT2D eigenvalue weighted by molar-refractivity contribution is 5.85. The molecule has 1 heterocycles. The van der Waals surface area contributed by atoms with E-state index >= 15 is 0 Å². The third kappa shape index (κ3) is 3.26. The van der Waals surface area contributed by atoms with Gasteiger partial charge in [-0.25, -0.2) is 0 Å². The molecule has 5 heteroatoms. The van der Waals surface area contributed by atoms with Crippen LogP contribution in [-0.4, -0.2) is 10.1 Å². The van der Waals surface area contributed by atoms with E-state index in [-0.39, 0.29) is 36.6 Å². The number of nitrogens with two attached hydrogens (primary N) is 1. The third-order valence-corrected chi connectivity index (χ3v) is 1.32. The predicted molar refractivity (Wildman–Crippen MR) is 53.0 cm³/mol. The molecule has 0 aliphatic carbocycles. The van der Waals surface area contributed by atoms with Gasteiger partial charge in [0.2, 0.25) is 0 Å². The SMILES string of the molecule is C[C@H](N)c1ccncc1O.Cl.Cl. The van der Waals surface area contributed by atoms with Crippen LogP contribution in [0.4, 0.5) is 0 Å². The van der Waals surface area contributed by atoms with Crippen LogP contribution in [0.25, 0.3) is 0 Å². The molecule has 0 fully saturated rings. The van der Waals surface area contributed by atoms with Gasteiger partial charge in [0.25, 0.3) is 0 Å². The van der Waals surface area contributed by atoms with Gasteiger partial charge in [0.05, 0.1) is 6.20 Å². The van der Waals surface area contributed by atoms with Crippen LogP contribution in [0.1, 0.15) is 18.5 Å². The minimum Gasteiger partial charge on any atom is -0.506 e. The van der Waals surface area contributed by atoms with Gasteiger partial charge in [-0.3, -0.25) is 4.98 Å². The molecule has 0 aliphatic rings. The number of nitrogens with zero attached hydrogens (tertiary/aromatic N) is 1. The van der Waals surface area contributed by atoms with Crippen molar-refractivity contribution in [2.45, 2.75) is 13.0 Å². The summed E-state index contributed by atoms with van der Waals surface area (Å²) in [5, 5.41) is 9.14. The second-order valence-corrected chi connectivity index (χ2v) is 2.22. The first-order chi connectivity index (χ1) is 4.72. The van der Waals surface area contributed by atoms with E-state index in [0.29, 0.717) is 0 Å². The number of rotatable bonds is 1. The van der Waals surface area contributed by atoms with E-state index < -0.39 is 0 Å². The van der Waals surface area contributed by atoms with Crippen LogP contribution in [0.2, 0.25) is 0 Å². The first-order valence-electron chi connectivity index (χ1n) is 3.10. The molecule has 0 saturated heterocycles. The Labute approximate surface area is 83.8 Å². The maximum absolute atomic E-state index is 9.14. The molecule has 0 radical (unpaired) electrons. The molecule has 0 spiro atoms. The normalized spacial score (nSPS) is 10.8. The molecule has 1 aromatic heterocycles. The molecule has 0 bridgehead atoms. The second kappa shape index (κ2) is 6.06. The van der Waals surface area contributed by atoms with Gasteiger partial charge in [-0.05, 0) is 13.0 Å². The Morgan fingerprint density at radius 2 is 2.08 bits per heavy atom. The van der Waals surface area contributed by atoms with Gasteiger partial charge < -0.3 is 10.8 Å². The number of pyridine rings is 1. The van der Waals surface area contributed by atoms with Crippen LogP contribution in [0.3, 0.4) is 0 Å². The van der Waals surface area contributed by atoms with Gasteiger partial charge in [0, 0.05) is 17.8 Å². The summed E-state index contributed by atoms with van der Waals surface area (Å²) in [6, 6.07) is 1.57. The maximum Gasteiger partial charge on any atom is 0.138 e. The lowest BCUT2D eigenvalue weighted by Gasteiger charge is -2.05. The molecule has 12 heavy (non-hydrogen) atoms. The molecule has 1 aromatic rings. The number of hydrogen-bond acceptors (Lipinski definition) is 3. The lowest BCUT2D eigenvalue weighted by molar-refractivity contribution is 0.461. The number of aromatic hydroxyl groups is 1. The Hall–Kier alpha value is -0.510. The largest absolute Gasteiger partial charge is 0.506 e. The summed E-state index contributed by atoms with van der Waals surface area (Å²) < 4.78 is 0. The summed E-state index contributed by atoms with van der Waals surface area (Å²) in [4.78, 5) is 3.72. The van der Waals surface area contributed by atoms with Crippen molar-refractivity contribution in [2.24, 2.45) is 5.73 Å². The quantitative estimate of drug-likeness (QED) is 0.742. The van der Waals surface area contributed by atoms with Crippen LogP contribution in [0.5, 0.6) is 5.75 Å². The second-order valence-electron chi connectivity index (χ2n) is 2.22. The van der Waals surface area contributed by atoms with Gasteiger partial charge in [0.15, 0.2) is 0 Å². The Balaban J connectivity index is 0. The summed E-state index contributed by atoms with van der Waals surface area (Å²) in [5.41, 5.74) is 6.26. The molecule has 3 nitrogen and oxygen atoms in total. The van der Waals surface area contributed by atoms with Gasteiger partial charge in [-0.2, -0.15) is 0 Å². The fourth-order valence-corrected chi connectivity index (χ4v) is 0.782. The molecule has 0 unspecified atom stereocenters. The highest BCUT2D eigenvalue weighted by atomic mass is 35.5. The van der Waals surface area contributed by atoms with Crippen molar-refractivity contribution < 1.29 is 5.11 Å². The number of aromatic nitrogens is 1. The van der Waals surface area contributed by atoms with Crippen molar-refractivity contribution in [3.63, 3.8) is 0 Å². The summed E-state index contributed by atoms with van der Waals surface area (Å²) in [6.45, 7) is 1.81. The smallest absolute Gasteiger partial charge is 0.138 e. The fourth-order valence-electron chi connectivity index (χ4n) is 0.782. The third-order valence-electron chi connectivity index (χ3n) is 1.32. The first kappa shape index (κ1) is 14.0. The summed E-state index contributed by atoms with van der Waals surface area (Å²) in [7, 11) is 0. The van der Waals surface area contributed by atoms with Gasteiger partial charge in [0.1, 0.15) is 5.75 Å². The van der Waals surface area contributed by atoms with Crippen LogP contribution in [-0.2, 0) is 0 Å². The van der Waals surface area contributed by atoms with Crippen molar-refractivity contribution in [1.82, 2.24) is 4.98 Å². The van der Waals surface area contributed by atoms with Crippen molar-refractivity contribution in [3.05, 3.63) is 24.0 Å². The number of halogens is 2. The van der Waals surface area contributed by atoms with E-state index in [9.17, 15) is 0 Å². The predicted octanol–water partition coefficient (Wildman–Crippen LogP) is 1.65. The molecule has 3 N–H and O–H groups in total. The minimum absolute atomic E-state index is 0. The molecule has 0 aliphatic heterocycles. The van der Waals surface area contributed by atoms with E-state index in [1.165, 1.54) is 6.20 Å². The fraction of sp³-hybridized carbons (Fsp3) is 0.286. The molecule has 1 rings (SSSR count). The molecule has 0 saturated carbocycles. The number of hydrogen-bond donors (Lipinski definition) is 2. The Bertz CT molecular complexity index is 230. The monoisotopic (exact) mass is 210 g/mol. The zero-order valence-corrected chi connectivity index (χ0v) is 8.23. The van der Waals surface area contributed by atoms with Gasteiger partial charge >= 0.3 is 0 Å². The Morgan fingerprint density at radius 1 is 1.50 bits per heavy atom. The molecule has 0 aromatic carbocycles. The van der Waals surface area contributed by atoms with E-state index in [1.807, 2.05) is 6.92 Å². The van der Waals surface area contributed by atoms with Gasteiger partial charge in [-0.1, -0.05) is 0 Å². The molecule has 70 valence electrons. The highest BCUT2D eigenvalue weighted by Crippen LogP contribution is 2.19. The average molecular weight is 211 g/mol. The topological polar surface area (TPSA) is 59.1 Å². The summed E-state index contributed by atoms with van der Waals surface area (Å²) in [6.07, 6.45) is 3.00. The van der Waals surface area contributed by atoms with Crippen LogP contribution in [0, 0.1) is 0 Å². The van der Waals surface area contributed by atoms with Crippen molar-refractivity contribution in [1.29, 1.82) is 0 Å². The molecule has 0 amide bonds. The first-order valence-corrected chi connectivity index (χ1v) is 3.10. The van der Waals surface area contributed by atoms with Gasteiger partial charge in [-0.15, -0.1) is 24.8 Å². The van der Waals surface area contributed by atoms with E-state index in [4.69, 9.17) is 10.8 Å². The standard InChI is InChI=1S/C7H10N2O.2ClH/c1-5(8)6-2-3-9-4-7(6)10;;/h2-5,10H,8H2,1H3;2*1H/t5-;;/m0../s1. The lowest BCUT2D eigenvalue weighted by Crippen LogP contribution is -2.04. The lowest BCUT2D eigenvalue weighted by atomic mass is 10.1. The summed E-state index contributed by atoms with van der Waals surface area (Å²) in [5.74, 6) is 0.164. The van der Waals surface area contributed by atoms with E-state index in [0.717, 1.165) is 5.56 Å². The molecular formula is C7H12Cl2N2O. The van der Waals surface area contributed by atoms with Crippen LogP contribution in [0.15, 0.2) is 18.5 Å². The van der Waals surface area contributed by atoms with Crippen molar-refractivity contribution in [3.8, 4) is 5.75 Å². The zero-order valence-electron chi connectivity index (χ0n) is 6.60. The van der Waals surface area contributed by atoms with Crippen molar-refractivity contribution >= 4 is 24.8 Å². The zero-order chi connectivity index (χ0) is 7.56. The maximum atomic E-state index is 9.14. The summed E-state index contributed by atoms with van der Waals surface area (Å²) >= 11 is 0. The molecule has 1 atom stereocenters. The van der Waals surface area contributed by atoms with Crippen LogP contribution >= 0.6 is 24.8 Å². The molecular weight excluding hydrogens is 199 g/mol. The van der Waals surface area contributed by atoms with Crippen LogP contribution < -0.4 is 5.73 Å². The van der Waals surface area contributed by atoms with Crippen molar-refractivity contribution in [2.75, 3.05) is 0 Å². The van der Waals surface area contributed by atoms with E-state index in [2.05, 4.69) is 4.98 Å². The van der Waals surface area contributed by atoms with E-state index in [1.54, 1.807) is 12.3 Å². The Kier molecular flexibility index (Phi) is 7.09.